The van der Waals surface area contributed by atoms with Crippen LogP contribution in [0.25, 0.3) is 0 Å². The van der Waals surface area contributed by atoms with Crippen LogP contribution in [0.5, 0.6) is 11.5 Å². The summed E-state index contributed by atoms with van der Waals surface area (Å²) < 4.78 is 15.7. The number of anilines is 1. The van der Waals surface area contributed by atoms with Crippen molar-refractivity contribution in [3.05, 3.63) is 53.1 Å². The molecule has 1 N–H and O–H groups in total. The van der Waals surface area contributed by atoms with Crippen LogP contribution in [0.15, 0.2) is 36.4 Å². The summed E-state index contributed by atoms with van der Waals surface area (Å²) in [5.74, 6) is -1.26. The highest BCUT2D eigenvalue weighted by Gasteiger charge is 2.43. The van der Waals surface area contributed by atoms with E-state index in [1.807, 2.05) is 6.92 Å². The first-order valence-electron chi connectivity index (χ1n) is 9.98. The molecule has 9 nitrogen and oxygen atoms in total. The van der Waals surface area contributed by atoms with Gasteiger partial charge in [0.2, 0.25) is 5.91 Å². The van der Waals surface area contributed by atoms with Crippen molar-refractivity contribution in [2.75, 3.05) is 26.1 Å². The summed E-state index contributed by atoms with van der Waals surface area (Å²) in [6, 6.07) is 8.62. The molecule has 0 radical (unpaired) electrons. The number of benzene rings is 2. The van der Waals surface area contributed by atoms with E-state index in [0.717, 1.165) is 4.90 Å². The van der Waals surface area contributed by atoms with Gasteiger partial charge in [0.15, 0.2) is 11.5 Å². The lowest BCUT2D eigenvalue weighted by Crippen LogP contribution is -2.35. The minimum atomic E-state index is -0.954. The number of carbonyl (C=O) groups excluding carboxylic acids is 4. The Labute approximate surface area is 185 Å². The lowest BCUT2D eigenvalue weighted by atomic mass is 10.0. The van der Waals surface area contributed by atoms with E-state index in [2.05, 4.69) is 5.32 Å². The van der Waals surface area contributed by atoms with Crippen LogP contribution in [0, 0.1) is 0 Å². The Morgan fingerprint density at radius 2 is 1.81 bits per heavy atom. The summed E-state index contributed by atoms with van der Waals surface area (Å²) in [7, 11) is 2.73. The summed E-state index contributed by atoms with van der Waals surface area (Å²) in [6.45, 7) is 3.49. The minimum absolute atomic E-state index is 0.0844. The normalized spacial score (nSPS) is 13.4. The number of nitrogens with one attached hydrogen (secondary N) is 1. The van der Waals surface area contributed by atoms with Gasteiger partial charge in [-0.3, -0.25) is 24.1 Å². The number of rotatable bonds is 8. The number of ether oxygens (including phenoxy) is 3. The highest BCUT2D eigenvalue weighted by Crippen LogP contribution is 2.39. The van der Waals surface area contributed by atoms with E-state index >= 15 is 0 Å². The first-order valence-corrected chi connectivity index (χ1v) is 9.98. The van der Waals surface area contributed by atoms with Gasteiger partial charge in [0.25, 0.3) is 11.8 Å². The van der Waals surface area contributed by atoms with Gasteiger partial charge in [-0.1, -0.05) is 12.1 Å². The number of fused-ring (bicyclic) bond motifs is 1. The summed E-state index contributed by atoms with van der Waals surface area (Å²) in [5, 5.41) is 2.58. The number of methoxy groups -OCH3 is 2. The first-order chi connectivity index (χ1) is 15.3. The van der Waals surface area contributed by atoms with E-state index in [1.54, 1.807) is 30.3 Å². The predicted octanol–water partition coefficient (Wildman–Crippen LogP) is 2.95. The van der Waals surface area contributed by atoms with Crippen LogP contribution in [0.3, 0.4) is 0 Å². The number of nitrogens with zero attached hydrogens (tertiary/aromatic N) is 1. The average Bonchev–Trinajstić information content (AvgIpc) is 3.02. The van der Waals surface area contributed by atoms with E-state index in [4.69, 9.17) is 14.2 Å². The van der Waals surface area contributed by atoms with Crippen molar-refractivity contribution in [3.63, 3.8) is 0 Å². The Hall–Kier alpha value is -3.88. The highest BCUT2D eigenvalue weighted by atomic mass is 16.5. The zero-order valence-electron chi connectivity index (χ0n) is 18.3. The molecule has 32 heavy (non-hydrogen) atoms. The Balaban J connectivity index is 2.10. The number of hydrogen-bond donors (Lipinski definition) is 1. The molecule has 1 aliphatic rings. The molecule has 2 aromatic rings. The fourth-order valence-corrected chi connectivity index (χ4v) is 3.65. The number of carbonyl (C=O) groups is 4. The van der Waals surface area contributed by atoms with Gasteiger partial charge < -0.3 is 19.5 Å². The van der Waals surface area contributed by atoms with Crippen LogP contribution in [0.2, 0.25) is 0 Å². The third-order valence-electron chi connectivity index (χ3n) is 5.03. The van der Waals surface area contributed by atoms with Crippen LogP contribution in [0.4, 0.5) is 5.69 Å². The third kappa shape index (κ3) is 4.27. The lowest BCUT2D eigenvalue weighted by Gasteiger charge is -2.26. The molecule has 168 valence electrons. The van der Waals surface area contributed by atoms with Crippen molar-refractivity contribution < 1.29 is 33.4 Å². The molecule has 0 spiro atoms. The molecular formula is C23H24N2O7. The summed E-state index contributed by atoms with van der Waals surface area (Å²) in [5.41, 5.74) is 0.961. The second-order valence-corrected chi connectivity index (χ2v) is 7.03. The van der Waals surface area contributed by atoms with Crippen molar-refractivity contribution in [1.82, 2.24) is 4.90 Å². The van der Waals surface area contributed by atoms with Crippen molar-refractivity contribution in [2.24, 2.45) is 0 Å². The maximum absolute atomic E-state index is 13.4. The fraction of sp³-hybridized carbons (Fsp3) is 0.304. The summed E-state index contributed by atoms with van der Waals surface area (Å²) >= 11 is 0. The SMILES string of the molecule is CCOc1cc(C(CC(=O)OC)N2C(=O)c3cccc(NC(C)=O)c3C2=O)ccc1OC. The maximum atomic E-state index is 13.4. The molecule has 1 atom stereocenters. The number of hydrogen-bond acceptors (Lipinski definition) is 7. The van der Waals surface area contributed by atoms with Crippen LogP contribution in [-0.2, 0) is 14.3 Å². The molecule has 2 aromatic carbocycles. The van der Waals surface area contributed by atoms with E-state index < -0.39 is 23.8 Å². The Kier molecular flexibility index (Phi) is 6.77. The van der Waals surface area contributed by atoms with Gasteiger partial charge in [-0.05, 0) is 36.8 Å². The quantitative estimate of drug-likeness (QED) is 0.496. The molecule has 9 heteroatoms. The molecule has 1 unspecified atom stereocenters. The zero-order chi connectivity index (χ0) is 23.4. The molecule has 0 saturated heterocycles. The van der Waals surface area contributed by atoms with Crippen LogP contribution in [0.1, 0.15) is 52.6 Å². The Bertz CT molecular complexity index is 1080. The van der Waals surface area contributed by atoms with Gasteiger partial charge in [0, 0.05) is 6.92 Å². The molecule has 0 bridgehead atoms. The number of imide groups is 1. The van der Waals surface area contributed by atoms with E-state index in [-0.39, 0.29) is 29.1 Å². The van der Waals surface area contributed by atoms with Gasteiger partial charge >= 0.3 is 5.97 Å². The summed E-state index contributed by atoms with van der Waals surface area (Å²) in [6.07, 6.45) is -0.255. The van der Waals surface area contributed by atoms with Gasteiger partial charge in [0.1, 0.15) is 0 Å². The first kappa shape index (κ1) is 22.8. The second-order valence-electron chi connectivity index (χ2n) is 7.03. The molecule has 0 aliphatic carbocycles. The zero-order valence-corrected chi connectivity index (χ0v) is 18.3. The maximum Gasteiger partial charge on any atom is 0.307 e. The fourth-order valence-electron chi connectivity index (χ4n) is 3.65. The molecule has 3 rings (SSSR count). The van der Waals surface area contributed by atoms with Crippen molar-refractivity contribution >= 4 is 29.4 Å². The number of esters is 1. The Morgan fingerprint density at radius 1 is 1.06 bits per heavy atom. The van der Waals surface area contributed by atoms with Crippen molar-refractivity contribution in [1.29, 1.82) is 0 Å². The second kappa shape index (κ2) is 9.51. The molecule has 1 aliphatic heterocycles. The van der Waals surface area contributed by atoms with E-state index in [9.17, 15) is 19.2 Å². The van der Waals surface area contributed by atoms with Gasteiger partial charge in [-0.2, -0.15) is 0 Å². The van der Waals surface area contributed by atoms with Gasteiger partial charge in [-0.15, -0.1) is 0 Å². The standard InChI is InChI=1S/C23H24N2O7/c1-5-32-19-11-14(9-10-18(19)30-3)17(12-20(27)31-4)25-22(28)15-7-6-8-16(24-13(2)26)21(15)23(25)29/h6-11,17H,5,12H2,1-4H3,(H,24,26). The van der Waals surface area contributed by atoms with Crippen LogP contribution < -0.4 is 14.8 Å². The summed E-state index contributed by atoms with van der Waals surface area (Å²) in [4.78, 5) is 51.4. The van der Waals surface area contributed by atoms with Gasteiger partial charge in [0.05, 0.1) is 50.1 Å². The largest absolute Gasteiger partial charge is 0.493 e. The topological polar surface area (TPSA) is 111 Å². The van der Waals surface area contributed by atoms with Crippen molar-refractivity contribution in [3.8, 4) is 11.5 Å². The van der Waals surface area contributed by atoms with E-state index in [0.29, 0.717) is 23.7 Å². The monoisotopic (exact) mass is 440 g/mol. The molecule has 3 amide bonds. The third-order valence-corrected chi connectivity index (χ3v) is 5.03. The van der Waals surface area contributed by atoms with Crippen LogP contribution >= 0.6 is 0 Å². The average molecular weight is 440 g/mol. The molecular weight excluding hydrogens is 416 g/mol. The highest BCUT2D eigenvalue weighted by molar-refractivity contribution is 6.24. The molecule has 0 saturated carbocycles. The molecule has 1 heterocycles. The van der Waals surface area contributed by atoms with E-state index in [1.165, 1.54) is 27.2 Å². The van der Waals surface area contributed by atoms with Crippen LogP contribution in [-0.4, -0.2) is 49.4 Å². The van der Waals surface area contributed by atoms with Gasteiger partial charge in [-0.25, -0.2) is 0 Å². The lowest BCUT2D eigenvalue weighted by molar-refractivity contribution is -0.141. The minimum Gasteiger partial charge on any atom is -0.493 e. The molecule has 0 aromatic heterocycles. The predicted molar refractivity (Wildman–Crippen MR) is 115 cm³/mol. The smallest absolute Gasteiger partial charge is 0.307 e. The number of amides is 3. The van der Waals surface area contributed by atoms with Crippen molar-refractivity contribution in [2.45, 2.75) is 26.3 Å². The Morgan fingerprint density at radius 3 is 2.44 bits per heavy atom. The molecule has 0 fully saturated rings.